The Kier molecular flexibility index (Phi) is 7.13. The minimum absolute atomic E-state index is 0.0982. The Labute approximate surface area is 167 Å². The molecule has 0 fully saturated rings. The maximum Gasteiger partial charge on any atom is 0.344 e. The van der Waals surface area contributed by atoms with Crippen molar-refractivity contribution in [3.8, 4) is 11.5 Å². The topological polar surface area (TPSA) is 117 Å². The summed E-state index contributed by atoms with van der Waals surface area (Å²) >= 11 is 0. The first kappa shape index (κ1) is 21.7. The van der Waals surface area contributed by atoms with Gasteiger partial charge in [-0.3, -0.25) is 14.9 Å². The Morgan fingerprint density at radius 3 is 2.38 bits per heavy atom. The molecule has 2 rings (SSSR count). The van der Waals surface area contributed by atoms with Gasteiger partial charge in [-0.05, 0) is 50.1 Å². The lowest BCUT2D eigenvalue weighted by Gasteiger charge is -2.15. The lowest BCUT2D eigenvalue weighted by Crippen LogP contribution is -2.31. The number of ether oxygens (including phenoxy) is 3. The molecule has 2 aromatic rings. The molecular weight excluding hydrogens is 380 g/mol. The molecule has 0 aromatic heterocycles. The number of nitrogens with zero attached hydrogens (tertiary/aromatic N) is 1. The van der Waals surface area contributed by atoms with E-state index in [1.54, 1.807) is 12.1 Å². The molecule has 0 aliphatic rings. The number of hydrogen-bond donors (Lipinski definition) is 1. The maximum atomic E-state index is 12.3. The molecule has 1 N–H and O–H groups in total. The average Bonchev–Trinajstić information content (AvgIpc) is 2.65. The van der Waals surface area contributed by atoms with E-state index in [0.29, 0.717) is 5.75 Å². The summed E-state index contributed by atoms with van der Waals surface area (Å²) in [6, 6.07) is 9.31. The molecular formula is C20H22N2O7. The third-order valence-corrected chi connectivity index (χ3v) is 3.88. The quantitative estimate of drug-likeness (QED) is 0.409. The van der Waals surface area contributed by atoms with Crippen molar-refractivity contribution in [3.05, 3.63) is 57.6 Å². The summed E-state index contributed by atoms with van der Waals surface area (Å²) in [6.07, 6.45) is -1.14. The number of benzene rings is 2. The number of anilines is 1. The number of nitrogens with one attached hydrogen (secondary N) is 1. The van der Waals surface area contributed by atoms with Crippen LogP contribution < -0.4 is 14.8 Å². The lowest BCUT2D eigenvalue weighted by atomic mass is 10.1. The predicted octanol–water partition coefficient (Wildman–Crippen LogP) is 3.17. The maximum absolute atomic E-state index is 12.3. The van der Waals surface area contributed by atoms with E-state index < -0.39 is 22.9 Å². The molecule has 9 nitrogen and oxygen atoms in total. The fourth-order valence-electron chi connectivity index (χ4n) is 2.58. The summed E-state index contributed by atoms with van der Waals surface area (Å²) in [6.45, 7) is 4.84. The van der Waals surface area contributed by atoms with Crippen LogP contribution in [0.15, 0.2) is 36.4 Å². The summed E-state index contributed by atoms with van der Waals surface area (Å²) in [5, 5.41) is 13.4. The monoisotopic (exact) mass is 402 g/mol. The van der Waals surface area contributed by atoms with Crippen molar-refractivity contribution in [2.75, 3.05) is 19.0 Å². The van der Waals surface area contributed by atoms with Crippen LogP contribution in [0.3, 0.4) is 0 Å². The molecule has 0 spiro atoms. The number of hydrogen-bond acceptors (Lipinski definition) is 7. The van der Waals surface area contributed by atoms with Gasteiger partial charge in [0.2, 0.25) is 0 Å². The van der Waals surface area contributed by atoms with Crippen molar-refractivity contribution in [1.29, 1.82) is 0 Å². The third kappa shape index (κ3) is 6.20. The molecule has 0 bridgehead atoms. The van der Waals surface area contributed by atoms with Gasteiger partial charge >= 0.3 is 5.97 Å². The van der Waals surface area contributed by atoms with E-state index >= 15 is 0 Å². The van der Waals surface area contributed by atoms with Gasteiger partial charge in [-0.2, -0.15) is 0 Å². The fraction of sp³-hybridized carbons (Fsp3) is 0.300. The Morgan fingerprint density at radius 1 is 1.14 bits per heavy atom. The van der Waals surface area contributed by atoms with Crippen molar-refractivity contribution in [3.63, 3.8) is 0 Å². The Morgan fingerprint density at radius 2 is 1.79 bits per heavy atom. The summed E-state index contributed by atoms with van der Waals surface area (Å²) < 4.78 is 15.6. The molecule has 1 atom stereocenters. The highest BCUT2D eigenvalue weighted by molar-refractivity contribution is 5.96. The van der Waals surface area contributed by atoms with E-state index in [2.05, 4.69) is 5.32 Å². The zero-order valence-electron chi connectivity index (χ0n) is 16.6. The summed E-state index contributed by atoms with van der Waals surface area (Å²) in [5.41, 5.74) is 1.87. The minimum atomic E-state index is -1.14. The molecule has 0 saturated carbocycles. The van der Waals surface area contributed by atoms with Crippen LogP contribution in [0.25, 0.3) is 0 Å². The van der Waals surface area contributed by atoms with Crippen molar-refractivity contribution in [2.45, 2.75) is 26.9 Å². The first-order chi connectivity index (χ1) is 13.7. The smallest absolute Gasteiger partial charge is 0.344 e. The summed E-state index contributed by atoms with van der Waals surface area (Å²) in [4.78, 5) is 34.6. The van der Waals surface area contributed by atoms with Crippen LogP contribution in [0.2, 0.25) is 0 Å². The minimum Gasteiger partial charge on any atom is -0.495 e. The second-order valence-corrected chi connectivity index (χ2v) is 6.38. The van der Waals surface area contributed by atoms with E-state index in [0.717, 1.165) is 17.2 Å². The normalized spacial score (nSPS) is 11.3. The zero-order valence-corrected chi connectivity index (χ0v) is 16.6. The molecule has 0 aliphatic heterocycles. The molecule has 154 valence electrons. The van der Waals surface area contributed by atoms with Crippen molar-refractivity contribution < 1.29 is 28.7 Å². The molecule has 9 heteroatoms. The van der Waals surface area contributed by atoms with Crippen LogP contribution >= 0.6 is 0 Å². The van der Waals surface area contributed by atoms with Crippen molar-refractivity contribution >= 4 is 23.3 Å². The van der Waals surface area contributed by atoms with E-state index in [9.17, 15) is 19.7 Å². The van der Waals surface area contributed by atoms with E-state index in [-0.39, 0.29) is 23.7 Å². The van der Waals surface area contributed by atoms with Gasteiger partial charge in [-0.15, -0.1) is 0 Å². The number of nitro benzene ring substituents is 1. The summed E-state index contributed by atoms with van der Waals surface area (Å²) in [5.74, 6) is -0.625. The number of aryl methyl sites for hydroxylation is 2. The SMILES string of the molecule is COc1ccc([N+](=O)[O-])cc1NC(=O)[C@H](C)OC(=O)COc1cc(C)cc(C)c1. The fourth-order valence-corrected chi connectivity index (χ4v) is 2.58. The highest BCUT2D eigenvalue weighted by Crippen LogP contribution is 2.29. The van der Waals surface area contributed by atoms with Gasteiger partial charge in [-0.1, -0.05) is 6.07 Å². The molecule has 0 radical (unpaired) electrons. The second kappa shape index (κ2) is 9.54. The van der Waals surface area contributed by atoms with Crippen LogP contribution in [0, 0.1) is 24.0 Å². The van der Waals surface area contributed by atoms with Gasteiger partial charge in [0.1, 0.15) is 11.5 Å². The number of rotatable bonds is 8. The first-order valence-corrected chi connectivity index (χ1v) is 8.73. The standard InChI is InChI=1S/C20H22N2O7/c1-12-7-13(2)9-16(8-12)28-11-19(23)29-14(3)20(24)21-17-10-15(22(25)26)5-6-18(17)27-4/h5-10,14H,11H2,1-4H3,(H,21,24)/t14-/m0/s1. The van der Waals surface area contributed by atoms with E-state index in [4.69, 9.17) is 14.2 Å². The molecule has 1 amide bonds. The molecule has 2 aromatic carbocycles. The largest absolute Gasteiger partial charge is 0.495 e. The zero-order chi connectivity index (χ0) is 21.6. The van der Waals surface area contributed by atoms with Crippen molar-refractivity contribution in [2.24, 2.45) is 0 Å². The molecule has 0 heterocycles. The van der Waals surface area contributed by atoms with E-state index in [1.165, 1.54) is 26.2 Å². The van der Waals surface area contributed by atoms with Gasteiger partial charge in [0.15, 0.2) is 12.7 Å². The molecule has 0 unspecified atom stereocenters. The number of nitro groups is 1. The van der Waals surface area contributed by atoms with Crippen LogP contribution in [0.5, 0.6) is 11.5 Å². The van der Waals surface area contributed by atoms with Crippen LogP contribution in [-0.4, -0.2) is 36.6 Å². The third-order valence-electron chi connectivity index (χ3n) is 3.88. The number of amides is 1. The number of esters is 1. The van der Waals surface area contributed by atoms with Gasteiger partial charge in [0.25, 0.3) is 11.6 Å². The Hall–Kier alpha value is -3.62. The van der Waals surface area contributed by atoms with Gasteiger partial charge in [0, 0.05) is 12.1 Å². The Bertz CT molecular complexity index is 907. The molecule has 0 saturated heterocycles. The number of carbonyl (C=O) groups excluding carboxylic acids is 2. The van der Waals surface area contributed by atoms with Crippen LogP contribution in [0.1, 0.15) is 18.1 Å². The van der Waals surface area contributed by atoms with E-state index in [1.807, 2.05) is 19.9 Å². The van der Waals surface area contributed by atoms with Crippen molar-refractivity contribution in [1.82, 2.24) is 0 Å². The predicted molar refractivity (Wildman–Crippen MR) is 105 cm³/mol. The first-order valence-electron chi connectivity index (χ1n) is 8.73. The number of carbonyl (C=O) groups is 2. The summed E-state index contributed by atoms with van der Waals surface area (Å²) in [7, 11) is 1.37. The highest BCUT2D eigenvalue weighted by atomic mass is 16.6. The number of methoxy groups -OCH3 is 1. The molecule has 0 aliphatic carbocycles. The lowest BCUT2D eigenvalue weighted by molar-refractivity contribution is -0.384. The highest BCUT2D eigenvalue weighted by Gasteiger charge is 2.21. The number of non-ortho nitro benzene ring substituents is 1. The Balaban J connectivity index is 1.95. The van der Waals surface area contributed by atoms with Gasteiger partial charge in [-0.25, -0.2) is 4.79 Å². The van der Waals surface area contributed by atoms with Crippen LogP contribution in [0.4, 0.5) is 11.4 Å². The average molecular weight is 402 g/mol. The van der Waals surface area contributed by atoms with Gasteiger partial charge in [0.05, 0.1) is 17.7 Å². The second-order valence-electron chi connectivity index (χ2n) is 6.38. The van der Waals surface area contributed by atoms with Crippen LogP contribution in [-0.2, 0) is 14.3 Å². The van der Waals surface area contributed by atoms with Gasteiger partial charge < -0.3 is 19.5 Å². The molecule has 29 heavy (non-hydrogen) atoms.